The molecule has 2 heterocycles. The molecule has 0 fully saturated rings. The molecule has 0 radical (unpaired) electrons. The lowest BCUT2D eigenvalue weighted by Gasteiger charge is -2.00. The second-order valence-electron chi connectivity index (χ2n) is 4.33. The van der Waals surface area contributed by atoms with Gasteiger partial charge in [-0.2, -0.15) is 5.10 Å². The summed E-state index contributed by atoms with van der Waals surface area (Å²) in [6.07, 6.45) is 4.94. The number of amides is 1. The Bertz CT molecular complexity index is 825. The van der Waals surface area contributed by atoms with Gasteiger partial charge < -0.3 is 4.98 Å². The number of H-pyrrole nitrogens is 1. The molecule has 0 saturated heterocycles. The summed E-state index contributed by atoms with van der Waals surface area (Å²) in [6, 6.07) is 11.1. The van der Waals surface area contributed by atoms with Crippen molar-refractivity contribution in [1.29, 1.82) is 0 Å². The molecule has 2 aromatic heterocycles. The summed E-state index contributed by atoms with van der Waals surface area (Å²) in [6.45, 7) is 0. The van der Waals surface area contributed by atoms with Crippen molar-refractivity contribution in [3.63, 3.8) is 0 Å². The van der Waals surface area contributed by atoms with Crippen molar-refractivity contribution in [2.24, 2.45) is 5.10 Å². The first kappa shape index (κ1) is 13.3. The molecule has 0 aliphatic carbocycles. The SMILES string of the molecule is O=C(NN=Cc1c[nH]c2ccccc12)c1cccnc1Cl. The van der Waals surface area contributed by atoms with E-state index < -0.39 is 5.91 Å². The highest BCUT2D eigenvalue weighted by Crippen LogP contribution is 2.15. The third-order valence-corrected chi connectivity index (χ3v) is 3.30. The Morgan fingerprint density at radius 3 is 3.00 bits per heavy atom. The van der Waals surface area contributed by atoms with Gasteiger partial charge in [-0.3, -0.25) is 4.79 Å². The Morgan fingerprint density at radius 2 is 2.14 bits per heavy atom. The molecule has 3 aromatic rings. The van der Waals surface area contributed by atoms with Crippen LogP contribution >= 0.6 is 11.6 Å². The van der Waals surface area contributed by atoms with Crippen LogP contribution in [0, 0.1) is 0 Å². The van der Waals surface area contributed by atoms with E-state index in [0.717, 1.165) is 16.5 Å². The molecule has 21 heavy (non-hydrogen) atoms. The minimum atomic E-state index is -0.399. The predicted molar refractivity (Wildman–Crippen MR) is 82.6 cm³/mol. The van der Waals surface area contributed by atoms with E-state index in [-0.39, 0.29) is 10.7 Å². The van der Waals surface area contributed by atoms with Gasteiger partial charge in [-0.05, 0) is 18.2 Å². The van der Waals surface area contributed by atoms with Gasteiger partial charge in [0.25, 0.3) is 5.91 Å². The van der Waals surface area contributed by atoms with Crippen molar-refractivity contribution in [2.75, 3.05) is 0 Å². The van der Waals surface area contributed by atoms with Crippen molar-refractivity contribution in [1.82, 2.24) is 15.4 Å². The number of hydrogen-bond donors (Lipinski definition) is 2. The van der Waals surface area contributed by atoms with E-state index in [1.165, 1.54) is 6.20 Å². The fourth-order valence-corrected chi connectivity index (χ4v) is 2.18. The smallest absolute Gasteiger partial charge is 0.274 e. The van der Waals surface area contributed by atoms with Gasteiger partial charge in [0.2, 0.25) is 0 Å². The molecule has 0 bridgehead atoms. The Labute approximate surface area is 125 Å². The van der Waals surface area contributed by atoms with Crippen LogP contribution in [0.15, 0.2) is 53.9 Å². The number of para-hydroxylation sites is 1. The van der Waals surface area contributed by atoms with Gasteiger partial charge in [0.1, 0.15) is 5.15 Å². The fraction of sp³-hybridized carbons (Fsp3) is 0. The predicted octanol–water partition coefficient (Wildman–Crippen LogP) is 2.98. The summed E-state index contributed by atoms with van der Waals surface area (Å²) in [5, 5.41) is 5.14. The molecule has 0 spiro atoms. The van der Waals surface area contributed by atoms with Crippen LogP contribution in [0.5, 0.6) is 0 Å². The Kier molecular flexibility index (Phi) is 3.66. The molecule has 3 rings (SSSR count). The first-order valence-corrected chi connectivity index (χ1v) is 6.63. The highest BCUT2D eigenvalue weighted by Gasteiger charge is 2.09. The first-order chi connectivity index (χ1) is 10.3. The van der Waals surface area contributed by atoms with Crippen molar-refractivity contribution in [2.45, 2.75) is 0 Å². The minimum Gasteiger partial charge on any atom is -0.361 e. The molecule has 0 unspecified atom stereocenters. The van der Waals surface area contributed by atoms with E-state index in [2.05, 4.69) is 20.5 Å². The lowest BCUT2D eigenvalue weighted by Crippen LogP contribution is -2.18. The number of aromatic nitrogens is 2. The summed E-state index contributed by atoms with van der Waals surface area (Å²) in [7, 11) is 0. The minimum absolute atomic E-state index is 0.150. The number of pyridine rings is 1. The van der Waals surface area contributed by atoms with Gasteiger partial charge in [-0.15, -0.1) is 0 Å². The quantitative estimate of drug-likeness (QED) is 0.443. The zero-order valence-electron chi connectivity index (χ0n) is 10.9. The monoisotopic (exact) mass is 298 g/mol. The van der Waals surface area contributed by atoms with Gasteiger partial charge in [0.15, 0.2) is 0 Å². The maximum Gasteiger partial charge on any atom is 0.274 e. The molecular formula is C15H11ClN4O. The van der Waals surface area contributed by atoms with Gasteiger partial charge in [0.05, 0.1) is 11.8 Å². The summed E-state index contributed by atoms with van der Waals surface area (Å²) >= 11 is 5.85. The number of hydrazone groups is 1. The summed E-state index contributed by atoms with van der Waals surface area (Å²) in [5.41, 5.74) is 4.63. The Hall–Kier alpha value is -2.66. The molecule has 6 heteroatoms. The van der Waals surface area contributed by atoms with Crippen molar-refractivity contribution in [3.05, 3.63) is 65.1 Å². The van der Waals surface area contributed by atoms with Gasteiger partial charge in [-0.1, -0.05) is 29.8 Å². The number of nitrogens with one attached hydrogen (secondary N) is 2. The topological polar surface area (TPSA) is 70.1 Å². The van der Waals surface area contributed by atoms with Crippen LogP contribution in [0.2, 0.25) is 5.15 Å². The molecule has 1 aromatic carbocycles. The van der Waals surface area contributed by atoms with E-state index in [1.807, 2.05) is 30.5 Å². The standard InChI is InChI=1S/C15H11ClN4O/c16-14-12(5-3-7-17-14)15(21)20-19-9-10-8-18-13-6-2-1-4-11(10)13/h1-9,18H,(H,20,21). The number of nitrogens with zero attached hydrogens (tertiary/aromatic N) is 2. The molecular weight excluding hydrogens is 288 g/mol. The maximum atomic E-state index is 11.9. The molecule has 1 amide bonds. The summed E-state index contributed by atoms with van der Waals surface area (Å²) in [5.74, 6) is -0.399. The van der Waals surface area contributed by atoms with Crippen molar-refractivity contribution in [3.8, 4) is 0 Å². The third kappa shape index (κ3) is 2.78. The van der Waals surface area contributed by atoms with E-state index in [9.17, 15) is 4.79 Å². The van der Waals surface area contributed by atoms with Gasteiger partial charge in [-0.25, -0.2) is 10.4 Å². The molecule has 2 N–H and O–H groups in total. The average molecular weight is 299 g/mol. The average Bonchev–Trinajstić information content (AvgIpc) is 2.91. The second kappa shape index (κ2) is 5.76. The fourth-order valence-electron chi connectivity index (χ4n) is 1.98. The molecule has 0 aliphatic heterocycles. The number of benzene rings is 1. The van der Waals surface area contributed by atoms with E-state index in [0.29, 0.717) is 0 Å². The number of halogens is 1. The number of rotatable bonds is 3. The highest BCUT2D eigenvalue weighted by atomic mass is 35.5. The van der Waals surface area contributed by atoms with Gasteiger partial charge in [0, 0.05) is 28.9 Å². The van der Waals surface area contributed by atoms with E-state index in [4.69, 9.17) is 11.6 Å². The maximum absolute atomic E-state index is 11.9. The van der Waals surface area contributed by atoms with Crippen LogP contribution in [0.3, 0.4) is 0 Å². The molecule has 104 valence electrons. The number of fused-ring (bicyclic) bond motifs is 1. The Morgan fingerprint density at radius 1 is 1.29 bits per heavy atom. The summed E-state index contributed by atoms with van der Waals surface area (Å²) < 4.78 is 0. The normalized spacial score (nSPS) is 11.1. The second-order valence-corrected chi connectivity index (χ2v) is 4.69. The number of hydrogen-bond acceptors (Lipinski definition) is 3. The van der Waals surface area contributed by atoms with Gasteiger partial charge >= 0.3 is 0 Å². The number of carbonyl (C=O) groups excluding carboxylic acids is 1. The lowest BCUT2D eigenvalue weighted by molar-refractivity contribution is 0.0955. The number of carbonyl (C=O) groups is 1. The molecule has 0 saturated carbocycles. The molecule has 5 nitrogen and oxygen atoms in total. The largest absolute Gasteiger partial charge is 0.361 e. The highest BCUT2D eigenvalue weighted by molar-refractivity contribution is 6.32. The summed E-state index contributed by atoms with van der Waals surface area (Å²) in [4.78, 5) is 18.9. The van der Waals surface area contributed by atoms with Crippen LogP contribution in [-0.2, 0) is 0 Å². The molecule has 0 aliphatic rings. The Balaban J connectivity index is 1.76. The van der Waals surface area contributed by atoms with Crippen LogP contribution in [0.1, 0.15) is 15.9 Å². The number of aromatic amines is 1. The van der Waals surface area contributed by atoms with Crippen LogP contribution in [0.25, 0.3) is 10.9 Å². The van der Waals surface area contributed by atoms with Crippen molar-refractivity contribution < 1.29 is 4.79 Å². The third-order valence-electron chi connectivity index (χ3n) is 2.99. The zero-order valence-corrected chi connectivity index (χ0v) is 11.6. The molecule has 0 atom stereocenters. The van der Waals surface area contributed by atoms with E-state index in [1.54, 1.807) is 18.3 Å². The van der Waals surface area contributed by atoms with Crippen LogP contribution in [0.4, 0.5) is 0 Å². The van der Waals surface area contributed by atoms with Crippen molar-refractivity contribution >= 4 is 34.6 Å². The van der Waals surface area contributed by atoms with Crippen LogP contribution in [-0.4, -0.2) is 22.1 Å². The first-order valence-electron chi connectivity index (χ1n) is 6.26. The zero-order chi connectivity index (χ0) is 14.7. The lowest BCUT2D eigenvalue weighted by atomic mass is 10.2. The van der Waals surface area contributed by atoms with Crippen LogP contribution < -0.4 is 5.43 Å². The van der Waals surface area contributed by atoms with E-state index >= 15 is 0 Å².